The van der Waals surface area contributed by atoms with E-state index in [0.717, 1.165) is 13.0 Å². The maximum absolute atomic E-state index is 12.8. The summed E-state index contributed by atoms with van der Waals surface area (Å²) in [4.78, 5) is 12.6. The van der Waals surface area contributed by atoms with Gasteiger partial charge in [-0.25, -0.2) is 13.5 Å². The minimum absolute atomic E-state index is 0.260. The van der Waals surface area contributed by atoms with Crippen molar-refractivity contribution in [2.45, 2.75) is 57.2 Å². The maximum Gasteiger partial charge on any atom is 0.252 e. The predicted octanol–water partition coefficient (Wildman–Crippen LogP) is 2.12. The number of nitrogens with one attached hydrogen (secondary N) is 1. The van der Waals surface area contributed by atoms with Crippen LogP contribution in [0.1, 0.15) is 37.8 Å². The van der Waals surface area contributed by atoms with Crippen molar-refractivity contribution in [3.63, 3.8) is 0 Å². The van der Waals surface area contributed by atoms with E-state index in [0.29, 0.717) is 43.9 Å². The highest BCUT2D eigenvalue weighted by Gasteiger charge is 2.43. The molecule has 0 radical (unpaired) electrons. The molecular formula is C16H23F2N3O3. The van der Waals surface area contributed by atoms with E-state index in [4.69, 9.17) is 9.47 Å². The van der Waals surface area contributed by atoms with Crippen LogP contribution in [0, 0.1) is 5.92 Å². The van der Waals surface area contributed by atoms with Crippen molar-refractivity contribution in [3.8, 4) is 5.88 Å². The van der Waals surface area contributed by atoms with E-state index in [1.165, 1.54) is 7.11 Å². The van der Waals surface area contributed by atoms with Gasteiger partial charge in [0.05, 0.1) is 18.8 Å². The molecule has 3 rings (SSSR count). The number of halogens is 2. The standard InChI is InChI=1S/C16H23F2N3O3/c1-23-16(5-3-11(4-6-16)14(17)18)15(22)19-10-12-9-13-21(20-12)7-2-8-24-13/h9,11,14H,2-8,10H2,1H3,(H,19,22). The van der Waals surface area contributed by atoms with E-state index in [-0.39, 0.29) is 12.5 Å². The number of carbonyl (C=O) groups is 1. The van der Waals surface area contributed by atoms with Gasteiger partial charge in [0.2, 0.25) is 12.3 Å². The van der Waals surface area contributed by atoms with Crippen molar-refractivity contribution in [1.29, 1.82) is 0 Å². The number of alkyl halides is 2. The lowest BCUT2D eigenvalue weighted by atomic mass is 9.78. The summed E-state index contributed by atoms with van der Waals surface area (Å²) in [5.74, 6) is -0.188. The number of hydrogen-bond acceptors (Lipinski definition) is 4. The molecule has 1 aliphatic heterocycles. The third-order valence-electron chi connectivity index (χ3n) is 4.99. The Bertz CT molecular complexity index is 560. The SMILES string of the molecule is COC1(C(=O)NCc2cc3n(n2)CCCO3)CCC(C(F)F)CC1. The van der Waals surface area contributed by atoms with Crippen LogP contribution >= 0.6 is 0 Å². The molecule has 2 heterocycles. The minimum Gasteiger partial charge on any atom is -0.478 e. The molecule has 1 amide bonds. The molecule has 1 N–H and O–H groups in total. The summed E-state index contributed by atoms with van der Waals surface area (Å²) in [5.41, 5.74) is -0.297. The first kappa shape index (κ1) is 17.1. The molecule has 8 heteroatoms. The van der Waals surface area contributed by atoms with E-state index in [1.54, 1.807) is 4.68 Å². The van der Waals surface area contributed by atoms with Crippen LogP contribution in [-0.4, -0.2) is 41.4 Å². The normalized spacial score (nSPS) is 26.8. The fourth-order valence-corrected chi connectivity index (χ4v) is 3.42. The fourth-order valence-electron chi connectivity index (χ4n) is 3.42. The molecule has 2 aliphatic rings. The van der Waals surface area contributed by atoms with Crippen LogP contribution in [0.4, 0.5) is 8.78 Å². The summed E-state index contributed by atoms with van der Waals surface area (Å²) in [6.45, 7) is 1.75. The van der Waals surface area contributed by atoms with E-state index < -0.39 is 17.9 Å². The largest absolute Gasteiger partial charge is 0.478 e. The second-order valence-electron chi connectivity index (χ2n) is 6.45. The van der Waals surface area contributed by atoms with E-state index in [2.05, 4.69) is 10.4 Å². The van der Waals surface area contributed by atoms with Gasteiger partial charge in [0, 0.05) is 32.1 Å². The average Bonchev–Trinajstić information content (AvgIpc) is 3.02. The number of fused-ring (bicyclic) bond motifs is 1. The van der Waals surface area contributed by atoms with Crippen molar-refractivity contribution in [2.75, 3.05) is 13.7 Å². The number of carbonyl (C=O) groups excluding carboxylic acids is 1. The first-order valence-corrected chi connectivity index (χ1v) is 8.35. The molecule has 0 spiro atoms. The molecule has 1 aliphatic carbocycles. The Morgan fingerprint density at radius 2 is 2.29 bits per heavy atom. The second-order valence-corrected chi connectivity index (χ2v) is 6.45. The molecule has 0 atom stereocenters. The monoisotopic (exact) mass is 343 g/mol. The quantitative estimate of drug-likeness (QED) is 0.889. The highest BCUT2D eigenvalue weighted by atomic mass is 19.3. The topological polar surface area (TPSA) is 65.4 Å². The number of aryl methyl sites for hydroxylation is 1. The Labute approximate surface area is 139 Å². The van der Waals surface area contributed by atoms with Gasteiger partial charge in [-0.3, -0.25) is 4.79 Å². The Hall–Kier alpha value is -1.70. The Morgan fingerprint density at radius 1 is 1.54 bits per heavy atom. The second kappa shape index (κ2) is 7.04. The summed E-state index contributed by atoms with van der Waals surface area (Å²) in [5, 5.41) is 7.22. The van der Waals surface area contributed by atoms with Crippen LogP contribution < -0.4 is 10.1 Å². The summed E-state index contributed by atoms with van der Waals surface area (Å²) in [7, 11) is 1.46. The van der Waals surface area contributed by atoms with E-state index >= 15 is 0 Å². The zero-order chi connectivity index (χ0) is 17.2. The summed E-state index contributed by atoms with van der Waals surface area (Å²) in [6.07, 6.45) is -0.199. The van der Waals surface area contributed by atoms with Crippen molar-refractivity contribution >= 4 is 5.91 Å². The van der Waals surface area contributed by atoms with Crippen molar-refractivity contribution < 1.29 is 23.0 Å². The smallest absolute Gasteiger partial charge is 0.252 e. The Morgan fingerprint density at radius 3 is 2.92 bits per heavy atom. The molecule has 24 heavy (non-hydrogen) atoms. The molecule has 1 aromatic heterocycles. The van der Waals surface area contributed by atoms with Crippen LogP contribution in [0.25, 0.3) is 0 Å². The molecule has 0 saturated heterocycles. The van der Waals surface area contributed by atoms with Gasteiger partial charge in [-0.2, -0.15) is 5.10 Å². The van der Waals surface area contributed by atoms with Crippen LogP contribution in [0.15, 0.2) is 6.07 Å². The van der Waals surface area contributed by atoms with Crippen molar-refractivity contribution in [1.82, 2.24) is 15.1 Å². The van der Waals surface area contributed by atoms with Gasteiger partial charge < -0.3 is 14.8 Å². The lowest BCUT2D eigenvalue weighted by Crippen LogP contribution is -2.50. The molecule has 6 nitrogen and oxygen atoms in total. The van der Waals surface area contributed by atoms with Gasteiger partial charge in [-0.05, 0) is 25.7 Å². The van der Waals surface area contributed by atoms with Crippen LogP contribution in [0.5, 0.6) is 5.88 Å². The first-order valence-electron chi connectivity index (χ1n) is 8.35. The number of ether oxygens (including phenoxy) is 2. The van der Waals surface area contributed by atoms with Gasteiger partial charge in [0.1, 0.15) is 5.60 Å². The zero-order valence-corrected chi connectivity index (χ0v) is 13.8. The van der Waals surface area contributed by atoms with Gasteiger partial charge in [0.25, 0.3) is 5.91 Å². The summed E-state index contributed by atoms with van der Waals surface area (Å²) < 4.78 is 38.3. The highest BCUT2D eigenvalue weighted by molar-refractivity contribution is 5.85. The molecule has 0 aromatic carbocycles. The number of hydrogen-bond donors (Lipinski definition) is 1. The average molecular weight is 343 g/mol. The van der Waals surface area contributed by atoms with Gasteiger partial charge in [-0.15, -0.1) is 0 Å². The highest BCUT2D eigenvalue weighted by Crippen LogP contribution is 2.37. The molecule has 0 unspecified atom stereocenters. The van der Waals surface area contributed by atoms with Crippen LogP contribution in [0.2, 0.25) is 0 Å². The zero-order valence-electron chi connectivity index (χ0n) is 13.8. The van der Waals surface area contributed by atoms with Gasteiger partial charge >= 0.3 is 0 Å². The van der Waals surface area contributed by atoms with E-state index in [1.807, 2.05) is 6.07 Å². The minimum atomic E-state index is -2.33. The van der Waals surface area contributed by atoms with Crippen molar-refractivity contribution in [3.05, 3.63) is 11.8 Å². The van der Waals surface area contributed by atoms with Gasteiger partial charge in [-0.1, -0.05) is 0 Å². The summed E-state index contributed by atoms with van der Waals surface area (Å²) >= 11 is 0. The molecule has 134 valence electrons. The van der Waals surface area contributed by atoms with Gasteiger partial charge in [0.15, 0.2) is 0 Å². The Kier molecular flexibility index (Phi) is 5.03. The van der Waals surface area contributed by atoms with Crippen LogP contribution in [-0.2, 0) is 22.6 Å². The number of nitrogens with zero attached hydrogens (tertiary/aromatic N) is 2. The fraction of sp³-hybridized carbons (Fsp3) is 0.750. The number of amides is 1. The predicted molar refractivity (Wildman–Crippen MR) is 81.9 cm³/mol. The third-order valence-corrected chi connectivity index (χ3v) is 4.99. The molecule has 1 aromatic rings. The number of rotatable bonds is 5. The van der Waals surface area contributed by atoms with E-state index in [9.17, 15) is 13.6 Å². The third kappa shape index (κ3) is 3.38. The van der Waals surface area contributed by atoms with Crippen molar-refractivity contribution in [2.24, 2.45) is 5.92 Å². The Balaban J connectivity index is 1.58. The van der Waals surface area contributed by atoms with Crippen LogP contribution in [0.3, 0.4) is 0 Å². The lowest BCUT2D eigenvalue weighted by molar-refractivity contribution is -0.150. The summed E-state index contributed by atoms with van der Waals surface area (Å²) in [6, 6.07) is 1.81. The number of aromatic nitrogens is 2. The lowest BCUT2D eigenvalue weighted by Gasteiger charge is -2.37. The number of methoxy groups -OCH3 is 1. The molecular weight excluding hydrogens is 320 g/mol. The maximum atomic E-state index is 12.8. The molecule has 0 bridgehead atoms. The molecule has 1 fully saturated rings. The first-order chi connectivity index (χ1) is 11.5. The molecule has 1 saturated carbocycles.